The lowest BCUT2D eigenvalue weighted by atomic mass is 10.2. The summed E-state index contributed by atoms with van der Waals surface area (Å²) < 4.78 is 1.58. The Bertz CT molecular complexity index is 599. The second-order valence-electron chi connectivity index (χ2n) is 5.00. The Balaban J connectivity index is 2.00. The van der Waals surface area contributed by atoms with Gasteiger partial charge in [-0.15, -0.1) is 0 Å². The van der Waals surface area contributed by atoms with Gasteiger partial charge in [-0.25, -0.2) is 0 Å². The molecule has 8 nitrogen and oxygen atoms in total. The summed E-state index contributed by atoms with van der Waals surface area (Å²) in [5, 5.41) is 20.8. The third kappa shape index (κ3) is 4.75. The number of anilines is 1. The molecule has 124 valence electrons. The molecule has 0 aliphatic heterocycles. The molecule has 0 aliphatic rings. The molecule has 23 heavy (non-hydrogen) atoms. The molecule has 1 aromatic carbocycles. The van der Waals surface area contributed by atoms with Crippen molar-refractivity contribution < 1.29 is 4.79 Å². The first-order chi connectivity index (χ1) is 11.3. The van der Waals surface area contributed by atoms with E-state index in [-0.39, 0.29) is 11.9 Å². The second kappa shape index (κ2) is 8.84. The van der Waals surface area contributed by atoms with Crippen LogP contribution in [0.15, 0.2) is 30.3 Å². The number of hydrogen-bond acceptors (Lipinski definition) is 6. The van der Waals surface area contributed by atoms with E-state index in [1.54, 1.807) is 4.68 Å². The van der Waals surface area contributed by atoms with E-state index < -0.39 is 0 Å². The first-order valence-corrected chi connectivity index (χ1v) is 7.85. The van der Waals surface area contributed by atoms with Gasteiger partial charge in [-0.2, -0.15) is 4.68 Å². The Morgan fingerprint density at radius 2 is 2.00 bits per heavy atom. The lowest BCUT2D eigenvalue weighted by Gasteiger charge is -2.17. The Morgan fingerprint density at radius 1 is 1.22 bits per heavy atom. The molecule has 0 fully saturated rings. The summed E-state index contributed by atoms with van der Waals surface area (Å²) in [5.74, 6) is 0.387. The van der Waals surface area contributed by atoms with Crippen molar-refractivity contribution in [3.63, 3.8) is 0 Å². The minimum absolute atomic E-state index is 0.0620. The monoisotopic (exact) mass is 317 g/mol. The quantitative estimate of drug-likeness (QED) is 0.585. The summed E-state index contributed by atoms with van der Waals surface area (Å²) in [7, 11) is 0. The minimum atomic E-state index is -0.384. The van der Waals surface area contributed by atoms with Crippen LogP contribution in [-0.2, 0) is 4.79 Å². The number of nitrogens with zero attached hydrogens (tertiary/aromatic N) is 4. The van der Waals surface area contributed by atoms with E-state index in [0.717, 1.165) is 18.8 Å². The summed E-state index contributed by atoms with van der Waals surface area (Å²) in [6.45, 7) is 6.20. The van der Waals surface area contributed by atoms with Crippen molar-refractivity contribution in [2.75, 3.05) is 25.0 Å². The fraction of sp³-hybridized carbons (Fsp3) is 0.467. The molecule has 2 rings (SSSR count). The smallest absolute Gasteiger partial charge is 0.248 e. The van der Waals surface area contributed by atoms with E-state index >= 15 is 0 Å². The van der Waals surface area contributed by atoms with Crippen molar-refractivity contribution >= 4 is 11.9 Å². The molecule has 1 aromatic heterocycles. The van der Waals surface area contributed by atoms with Crippen LogP contribution < -0.4 is 16.0 Å². The number of para-hydroxylation sites is 1. The number of nitrogens with one attached hydrogen (secondary N) is 3. The Hall–Kier alpha value is -2.48. The first-order valence-electron chi connectivity index (χ1n) is 7.85. The SMILES string of the molecule is CCNCCNC(=O)C(CC)Nc1nnnn1-c1ccccc1. The van der Waals surface area contributed by atoms with Gasteiger partial charge in [0.05, 0.1) is 5.69 Å². The number of aromatic nitrogens is 4. The molecule has 1 atom stereocenters. The molecule has 0 radical (unpaired) electrons. The molecular formula is C15H23N7O. The van der Waals surface area contributed by atoms with Crippen LogP contribution in [0, 0.1) is 0 Å². The maximum absolute atomic E-state index is 12.2. The standard InChI is InChI=1S/C15H23N7O/c1-3-13(14(23)17-11-10-16-4-2)18-15-19-20-21-22(15)12-8-6-5-7-9-12/h5-9,13,16H,3-4,10-11H2,1-2H3,(H,17,23)(H,18,19,21). The van der Waals surface area contributed by atoms with E-state index in [0.29, 0.717) is 18.9 Å². The Labute approximate surface area is 135 Å². The third-order valence-corrected chi connectivity index (χ3v) is 3.35. The van der Waals surface area contributed by atoms with Gasteiger partial charge in [0, 0.05) is 13.1 Å². The molecule has 2 aromatic rings. The van der Waals surface area contributed by atoms with E-state index in [1.807, 2.05) is 44.2 Å². The number of benzene rings is 1. The van der Waals surface area contributed by atoms with Gasteiger partial charge in [-0.1, -0.05) is 37.1 Å². The van der Waals surface area contributed by atoms with E-state index in [4.69, 9.17) is 0 Å². The predicted molar refractivity (Wildman–Crippen MR) is 88.4 cm³/mol. The summed E-state index contributed by atoms with van der Waals surface area (Å²) in [4.78, 5) is 12.2. The van der Waals surface area contributed by atoms with Crippen LogP contribution in [0.2, 0.25) is 0 Å². The zero-order chi connectivity index (χ0) is 16.5. The average molecular weight is 317 g/mol. The van der Waals surface area contributed by atoms with Crippen molar-refractivity contribution in [2.24, 2.45) is 0 Å². The number of rotatable bonds is 9. The van der Waals surface area contributed by atoms with Crippen molar-refractivity contribution in [1.82, 2.24) is 30.8 Å². The predicted octanol–water partition coefficient (Wildman–Crippen LogP) is 0.579. The van der Waals surface area contributed by atoms with Crippen molar-refractivity contribution in [3.05, 3.63) is 30.3 Å². The summed E-state index contributed by atoms with van der Waals surface area (Å²) >= 11 is 0. The van der Waals surface area contributed by atoms with Gasteiger partial charge in [-0.05, 0) is 35.5 Å². The average Bonchev–Trinajstić information content (AvgIpc) is 3.05. The first kappa shape index (κ1) is 16.9. The highest BCUT2D eigenvalue weighted by atomic mass is 16.2. The topological polar surface area (TPSA) is 96.8 Å². The van der Waals surface area contributed by atoms with Gasteiger partial charge in [-0.3, -0.25) is 4.79 Å². The number of carbonyl (C=O) groups excluding carboxylic acids is 1. The highest BCUT2D eigenvalue weighted by Crippen LogP contribution is 2.12. The minimum Gasteiger partial charge on any atom is -0.353 e. The van der Waals surface area contributed by atoms with Crippen LogP contribution in [0.5, 0.6) is 0 Å². The van der Waals surface area contributed by atoms with Crippen LogP contribution in [0.25, 0.3) is 5.69 Å². The lowest BCUT2D eigenvalue weighted by Crippen LogP contribution is -2.42. The number of tetrazole rings is 1. The maximum Gasteiger partial charge on any atom is 0.248 e. The number of carbonyl (C=O) groups is 1. The van der Waals surface area contributed by atoms with Crippen molar-refractivity contribution in [1.29, 1.82) is 0 Å². The second-order valence-corrected chi connectivity index (χ2v) is 5.00. The fourth-order valence-electron chi connectivity index (χ4n) is 2.10. The van der Waals surface area contributed by atoms with Gasteiger partial charge in [0.15, 0.2) is 0 Å². The zero-order valence-corrected chi connectivity index (χ0v) is 13.5. The van der Waals surface area contributed by atoms with Crippen LogP contribution in [0.1, 0.15) is 20.3 Å². The van der Waals surface area contributed by atoms with E-state index in [1.165, 1.54) is 0 Å². The van der Waals surface area contributed by atoms with Crippen molar-refractivity contribution in [2.45, 2.75) is 26.3 Å². The van der Waals surface area contributed by atoms with Crippen LogP contribution >= 0.6 is 0 Å². The summed E-state index contributed by atoms with van der Waals surface area (Å²) in [5.41, 5.74) is 0.836. The van der Waals surface area contributed by atoms with E-state index in [9.17, 15) is 4.79 Å². The van der Waals surface area contributed by atoms with Gasteiger partial charge >= 0.3 is 0 Å². The van der Waals surface area contributed by atoms with Gasteiger partial charge in [0.2, 0.25) is 11.9 Å². The van der Waals surface area contributed by atoms with E-state index in [2.05, 4.69) is 31.5 Å². The Kier molecular flexibility index (Phi) is 6.49. The van der Waals surface area contributed by atoms with Crippen LogP contribution in [0.3, 0.4) is 0 Å². The molecule has 0 saturated heterocycles. The molecule has 1 unspecified atom stereocenters. The van der Waals surface area contributed by atoms with Gasteiger partial charge in [0.25, 0.3) is 0 Å². The molecule has 0 bridgehead atoms. The zero-order valence-electron chi connectivity index (χ0n) is 13.5. The van der Waals surface area contributed by atoms with Crippen LogP contribution in [0.4, 0.5) is 5.95 Å². The Morgan fingerprint density at radius 3 is 2.70 bits per heavy atom. The van der Waals surface area contributed by atoms with Gasteiger partial charge in [0.1, 0.15) is 6.04 Å². The van der Waals surface area contributed by atoms with Crippen molar-refractivity contribution in [3.8, 4) is 5.69 Å². The number of likely N-dealkylation sites (N-methyl/N-ethyl adjacent to an activating group) is 1. The highest BCUT2D eigenvalue weighted by molar-refractivity contribution is 5.84. The highest BCUT2D eigenvalue weighted by Gasteiger charge is 2.19. The molecule has 0 saturated carbocycles. The largest absolute Gasteiger partial charge is 0.353 e. The maximum atomic E-state index is 12.2. The fourth-order valence-corrected chi connectivity index (χ4v) is 2.10. The summed E-state index contributed by atoms with van der Waals surface area (Å²) in [6, 6.07) is 9.16. The lowest BCUT2D eigenvalue weighted by molar-refractivity contribution is -0.121. The van der Waals surface area contributed by atoms with Crippen LogP contribution in [-0.4, -0.2) is 51.8 Å². The summed E-state index contributed by atoms with van der Waals surface area (Å²) in [6.07, 6.45) is 0.634. The number of hydrogen-bond donors (Lipinski definition) is 3. The molecule has 8 heteroatoms. The molecule has 3 N–H and O–H groups in total. The molecule has 1 amide bonds. The normalized spacial score (nSPS) is 11.9. The molecule has 0 aliphatic carbocycles. The molecule has 0 spiro atoms. The number of amides is 1. The van der Waals surface area contributed by atoms with Gasteiger partial charge < -0.3 is 16.0 Å². The molecule has 1 heterocycles. The third-order valence-electron chi connectivity index (χ3n) is 3.35. The molecular weight excluding hydrogens is 294 g/mol.